The number of nitrogens with one attached hydrogen (secondary N) is 1. The SMILES string of the molecule is O=C(Cl)c1[nH]ccc1C1CC1. The van der Waals surface area contributed by atoms with Crippen LogP contribution in [0.4, 0.5) is 0 Å². The van der Waals surface area contributed by atoms with E-state index >= 15 is 0 Å². The summed E-state index contributed by atoms with van der Waals surface area (Å²) in [5.41, 5.74) is 1.67. The first-order valence-electron chi connectivity index (χ1n) is 3.66. The monoisotopic (exact) mass is 169 g/mol. The summed E-state index contributed by atoms with van der Waals surface area (Å²) in [6.07, 6.45) is 4.15. The number of aromatic nitrogens is 1. The Morgan fingerprint density at radius 1 is 1.64 bits per heavy atom. The molecule has 1 aromatic heterocycles. The van der Waals surface area contributed by atoms with Gasteiger partial charge in [0.1, 0.15) is 5.69 Å². The van der Waals surface area contributed by atoms with E-state index in [0.29, 0.717) is 11.6 Å². The van der Waals surface area contributed by atoms with Gasteiger partial charge >= 0.3 is 0 Å². The molecule has 0 aliphatic heterocycles. The van der Waals surface area contributed by atoms with Crippen molar-refractivity contribution in [2.45, 2.75) is 18.8 Å². The third kappa shape index (κ3) is 1.18. The van der Waals surface area contributed by atoms with Crippen LogP contribution in [0.5, 0.6) is 0 Å². The minimum atomic E-state index is -0.378. The molecule has 11 heavy (non-hydrogen) atoms. The van der Waals surface area contributed by atoms with Gasteiger partial charge < -0.3 is 4.98 Å². The second-order valence-corrected chi connectivity index (χ2v) is 3.20. The molecule has 1 fully saturated rings. The predicted octanol–water partition coefficient (Wildman–Crippen LogP) is 2.27. The molecular formula is C8H8ClNO. The summed E-state index contributed by atoms with van der Waals surface area (Å²) < 4.78 is 0. The van der Waals surface area contributed by atoms with E-state index in [2.05, 4.69) is 4.98 Å². The maximum atomic E-state index is 10.8. The van der Waals surface area contributed by atoms with E-state index in [1.54, 1.807) is 6.20 Å². The van der Waals surface area contributed by atoms with Crippen molar-refractivity contribution in [3.63, 3.8) is 0 Å². The molecule has 0 amide bonds. The van der Waals surface area contributed by atoms with Crippen LogP contribution in [-0.2, 0) is 0 Å². The van der Waals surface area contributed by atoms with Crippen molar-refractivity contribution in [1.82, 2.24) is 4.98 Å². The fourth-order valence-electron chi connectivity index (χ4n) is 1.29. The van der Waals surface area contributed by atoms with Gasteiger partial charge in [0.05, 0.1) is 0 Å². The maximum Gasteiger partial charge on any atom is 0.268 e. The van der Waals surface area contributed by atoms with E-state index in [4.69, 9.17) is 11.6 Å². The molecule has 0 atom stereocenters. The number of carbonyl (C=O) groups is 1. The van der Waals surface area contributed by atoms with Crippen molar-refractivity contribution in [2.75, 3.05) is 0 Å². The zero-order chi connectivity index (χ0) is 7.84. The standard InChI is InChI=1S/C8H8ClNO/c9-8(11)7-6(3-4-10-7)5-1-2-5/h3-5,10H,1-2H2. The summed E-state index contributed by atoms with van der Waals surface area (Å²) in [5, 5.41) is -0.378. The van der Waals surface area contributed by atoms with Crippen LogP contribution >= 0.6 is 11.6 Å². The number of hydrogen-bond donors (Lipinski definition) is 1. The number of H-pyrrole nitrogens is 1. The van der Waals surface area contributed by atoms with Gasteiger partial charge in [0.2, 0.25) is 0 Å². The summed E-state index contributed by atoms with van der Waals surface area (Å²) in [5.74, 6) is 0.582. The molecule has 0 spiro atoms. The van der Waals surface area contributed by atoms with E-state index in [1.165, 1.54) is 12.8 Å². The topological polar surface area (TPSA) is 32.9 Å². The fraction of sp³-hybridized carbons (Fsp3) is 0.375. The Labute approximate surface area is 69.6 Å². The van der Waals surface area contributed by atoms with Crippen LogP contribution in [-0.4, -0.2) is 10.2 Å². The molecule has 0 bridgehead atoms. The number of rotatable bonds is 2. The Morgan fingerprint density at radius 3 is 2.91 bits per heavy atom. The Morgan fingerprint density at radius 2 is 2.36 bits per heavy atom. The normalized spacial score (nSPS) is 16.8. The van der Waals surface area contributed by atoms with Crippen molar-refractivity contribution in [3.05, 3.63) is 23.5 Å². The molecule has 0 unspecified atom stereocenters. The third-order valence-corrected chi connectivity index (χ3v) is 2.18. The van der Waals surface area contributed by atoms with Gasteiger partial charge in [-0.05, 0) is 42.0 Å². The molecule has 0 radical (unpaired) electrons. The molecule has 1 aliphatic carbocycles. The quantitative estimate of drug-likeness (QED) is 0.677. The zero-order valence-corrected chi connectivity index (χ0v) is 6.69. The average molecular weight is 170 g/mol. The maximum absolute atomic E-state index is 10.8. The third-order valence-electron chi connectivity index (χ3n) is 1.99. The molecule has 0 saturated heterocycles. The van der Waals surface area contributed by atoms with Crippen LogP contribution in [0.2, 0.25) is 0 Å². The highest BCUT2D eigenvalue weighted by molar-refractivity contribution is 6.67. The van der Waals surface area contributed by atoms with Crippen molar-refractivity contribution >= 4 is 16.8 Å². The summed E-state index contributed by atoms with van der Waals surface area (Å²) in [6, 6.07) is 1.94. The largest absolute Gasteiger partial charge is 0.358 e. The lowest BCUT2D eigenvalue weighted by atomic mass is 10.2. The van der Waals surface area contributed by atoms with Crippen molar-refractivity contribution in [2.24, 2.45) is 0 Å². The molecule has 2 rings (SSSR count). The van der Waals surface area contributed by atoms with Crippen molar-refractivity contribution < 1.29 is 4.79 Å². The lowest BCUT2D eigenvalue weighted by molar-refractivity contribution is 0.107. The van der Waals surface area contributed by atoms with Gasteiger partial charge in [-0.15, -0.1) is 0 Å². The molecule has 0 aromatic carbocycles. The molecule has 3 heteroatoms. The van der Waals surface area contributed by atoms with Crippen LogP contribution in [0.25, 0.3) is 0 Å². The van der Waals surface area contributed by atoms with Crippen LogP contribution < -0.4 is 0 Å². The first-order chi connectivity index (χ1) is 5.29. The highest BCUT2D eigenvalue weighted by atomic mass is 35.5. The van der Waals surface area contributed by atoms with Gasteiger partial charge in [0.15, 0.2) is 0 Å². The van der Waals surface area contributed by atoms with Gasteiger partial charge in [-0.25, -0.2) is 0 Å². The van der Waals surface area contributed by atoms with Gasteiger partial charge in [-0.3, -0.25) is 4.79 Å². The summed E-state index contributed by atoms with van der Waals surface area (Å²) >= 11 is 5.35. The molecule has 1 heterocycles. The van der Waals surface area contributed by atoms with Crippen LogP contribution in [0, 0.1) is 0 Å². The number of carbonyl (C=O) groups excluding carboxylic acids is 1. The van der Waals surface area contributed by atoms with Gasteiger partial charge in [0.25, 0.3) is 5.24 Å². The number of hydrogen-bond acceptors (Lipinski definition) is 1. The molecular weight excluding hydrogens is 162 g/mol. The average Bonchev–Trinajstić information content (AvgIpc) is 2.68. The van der Waals surface area contributed by atoms with Crippen LogP contribution in [0.15, 0.2) is 12.3 Å². The first kappa shape index (κ1) is 6.92. The Balaban J connectivity index is 2.37. The van der Waals surface area contributed by atoms with E-state index in [0.717, 1.165) is 5.56 Å². The number of halogens is 1. The minimum Gasteiger partial charge on any atom is -0.358 e. The van der Waals surface area contributed by atoms with E-state index in [9.17, 15) is 4.79 Å². The fourth-order valence-corrected chi connectivity index (χ4v) is 1.45. The molecule has 1 saturated carbocycles. The summed E-state index contributed by atoms with van der Waals surface area (Å²) in [7, 11) is 0. The lowest BCUT2D eigenvalue weighted by Gasteiger charge is -1.93. The van der Waals surface area contributed by atoms with Crippen LogP contribution in [0.3, 0.4) is 0 Å². The second-order valence-electron chi connectivity index (χ2n) is 2.86. The smallest absolute Gasteiger partial charge is 0.268 e. The molecule has 58 valence electrons. The van der Waals surface area contributed by atoms with E-state index in [-0.39, 0.29) is 5.24 Å². The van der Waals surface area contributed by atoms with Gasteiger partial charge in [-0.1, -0.05) is 0 Å². The van der Waals surface area contributed by atoms with E-state index in [1.807, 2.05) is 6.07 Å². The van der Waals surface area contributed by atoms with Crippen molar-refractivity contribution in [1.29, 1.82) is 0 Å². The Bertz CT molecular complexity index is 288. The predicted molar refractivity (Wildman–Crippen MR) is 43.0 cm³/mol. The number of aromatic amines is 1. The Kier molecular flexibility index (Phi) is 1.50. The van der Waals surface area contributed by atoms with Crippen molar-refractivity contribution in [3.8, 4) is 0 Å². The minimum absolute atomic E-state index is 0.378. The lowest BCUT2D eigenvalue weighted by Crippen LogP contribution is -1.93. The molecule has 1 aliphatic rings. The zero-order valence-electron chi connectivity index (χ0n) is 5.93. The Hall–Kier alpha value is -0.760. The van der Waals surface area contributed by atoms with E-state index < -0.39 is 0 Å². The highest BCUT2D eigenvalue weighted by Gasteiger charge is 2.28. The highest BCUT2D eigenvalue weighted by Crippen LogP contribution is 2.41. The first-order valence-corrected chi connectivity index (χ1v) is 4.04. The second kappa shape index (κ2) is 2.38. The molecule has 1 aromatic rings. The van der Waals surface area contributed by atoms with Gasteiger partial charge in [0, 0.05) is 6.20 Å². The molecule has 1 N–H and O–H groups in total. The van der Waals surface area contributed by atoms with Gasteiger partial charge in [-0.2, -0.15) is 0 Å². The summed E-state index contributed by atoms with van der Waals surface area (Å²) in [4.78, 5) is 13.6. The molecule has 2 nitrogen and oxygen atoms in total. The summed E-state index contributed by atoms with van der Waals surface area (Å²) in [6.45, 7) is 0. The van der Waals surface area contributed by atoms with Crippen LogP contribution in [0.1, 0.15) is 34.8 Å².